The summed E-state index contributed by atoms with van der Waals surface area (Å²) in [4.78, 5) is 10.4. The Kier molecular flexibility index (Phi) is 17.2. The smallest absolute Gasteiger partial charge is 0.303 e. The van der Waals surface area contributed by atoms with E-state index in [4.69, 9.17) is 5.11 Å². The fraction of sp³-hybridized carbons (Fsp3) is 0.522. The quantitative estimate of drug-likeness (QED) is 0.197. The maximum atomic E-state index is 10.4. The fourth-order valence-electron chi connectivity index (χ4n) is 2.31. The van der Waals surface area contributed by atoms with Gasteiger partial charge in [0.2, 0.25) is 0 Å². The van der Waals surface area contributed by atoms with E-state index in [-0.39, 0.29) is 0 Å². The van der Waals surface area contributed by atoms with Crippen LogP contribution in [0.2, 0.25) is 0 Å². The molecule has 0 bridgehead atoms. The maximum Gasteiger partial charge on any atom is 0.303 e. The van der Waals surface area contributed by atoms with E-state index >= 15 is 0 Å². The first-order chi connectivity index (χ1) is 12.2. The molecule has 0 aromatic rings. The topological polar surface area (TPSA) is 37.3 Å². The van der Waals surface area contributed by atoms with Crippen molar-refractivity contribution in [2.24, 2.45) is 5.92 Å². The summed E-state index contributed by atoms with van der Waals surface area (Å²) < 4.78 is 0. The predicted octanol–water partition coefficient (Wildman–Crippen LogP) is 7.02. The van der Waals surface area contributed by atoms with E-state index in [0.29, 0.717) is 12.3 Å². The number of carbonyl (C=O) groups is 1. The molecule has 1 unspecified atom stereocenters. The first-order valence-corrected chi connectivity index (χ1v) is 9.67. The molecule has 2 nitrogen and oxygen atoms in total. The Morgan fingerprint density at radius 1 is 0.840 bits per heavy atom. The van der Waals surface area contributed by atoms with E-state index in [9.17, 15) is 4.79 Å². The first-order valence-electron chi connectivity index (χ1n) is 9.67. The van der Waals surface area contributed by atoms with Crippen LogP contribution in [0.1, 0.15) is 71.6 Å². The average Bonchev–Trinajstić information content (AvgIpc) is 2.58. The van der Waals surface area contributed by atoms with Crippen molar-refractivity contribution in [3.63, 3.8) is 0 Å². The molecule has 2 heteroatoms. The van der Waals surface area contributed by atoms with Gasteiger partial charge in [-0.05, 0) is 44.4 Å². The molecule has 0 heterocycles. The largest absolute Gasteiger partial charge is 0.481 e. The molecule has 0 aliphatic rings. The van der Waals surface area contributed by atoms with Crippen LogP contribution < -0.4 is 0 Å². The number of unbranched alkanes of at least 4 members (excludes halogenated alkanes) is 2. The molecular formula is C23H36O2. The van der Waals surface area contributed by atoms with Gasteiger partial charge in [0.15, 0.2) is 0 Å². The van der Waals surface area contributed by atoms with Crippen LogP contribution in [0.5, 0.6) is 0 Å². The average molecular weight is 345 g/mol. The summed E-state index contributed by atoms with van der Waals surface area (Å²) in [5, 5.41) is 8.58. The zero-order chi connectivity index (χ0) is 18.6. The van der Waals surface area contributed by atoms with Crippen molar-refractivity contribution >= 4 is 5.97 Å². The molecule has 0 aliphatic carbocycles. The summed E-state index contributed by atoms with van der Waals surface area (Å²) in [5.41, 5.74) is 0. The number of rotatable bonds is 15. The third-order valence-corrected chi connectivity index (χ3v) is 3.79. The van der Waals surface area contributed by atoms with Gasteiger partial charge in [0, 0.05) is 6.42 Å². The molecule has 140 valence electrons. The second kappa shape index (κ2) is 18.5. The van der Waals surface area contributed by atoms with Crippen molar-refractivity contribution in [3.8, 4) is 0 Å². The highest BCUT2D eigenvalue weighted by Crippen LogP contribution is 2.11. The Labute approximate surface area is 154 Å². The van der Waals surface area contributed by atoms with Crippen molar-refractivity contribution in [2.45, 2.75) is 71.6 Å². The molecular weight excluding hydrogens is 308 g/mol. The van der Waals surface area contributed by atoms with E-state index in [2.05, 4.69) is 74.6 Å². The van der Waals surface area contributed by atoms with Crippen molar-refractivity contribution in [1.29, 1.82) is 0 Å². The van der Waals surface area contributed by atoms with Crippen molar-refractivity contribution in [3.05, 3.63) is 60.8 Å². The SMILES string of the molecule is CC/C=C\C/C=C\C/C=C\C/C=C\C=C\C(C)CCCCCC(=O)O. The summed E-state index contributed by atoms with van der Waals surface area (Å²) in [7, 11) is 0. The minimum absolute atomic E-state index is 0.298. The minimum Gasteiger partial charge on any atom is -0.481 e. The molecule has 0 saturated heterocycles. The predicted molar refractivity (Wildman–Crippen MR) is 110 cm³/mol. The van der Waals surface area contributed by atoms with Crippen molar-refractivity contribution < 1.29 is 9.90 Å². The molecule has 1 atom stereocenters. The molecule has 1 N–H and O–H groups in total. The van der Waals surface area contributed by atoms with E-state index in [1.807, 2.05) is 0 Å². The summed E-state index contributed by atoms with van der Waals surface area (Å²) in [6.45, 7) is 4.36. The van der Waals surface area contributed by atoms with Gasteiger partial charge in [-0.15, -0.1) is 0 Å². The normalized spacial score (nSPS) is 14.0. The number of allylic oxidation sites excluding steroid dienone is 10. The highest BCUT2D eigenvalue weighted by Gasteiger charge is 1.99. The monoisotopic (exact) mass is 344 g/mol. The zero-order valence-electron chi connectivity index (χ0n) is 16.1. The summed E-state index contributed by atoms with van der Waals surface area (Å²) >= 11 is 0. The Bertz CT molecular complexity index is 453. The van der Waals surface area contributed by atoms with Crippen LogP contribution in [0.25, 0.3) is 0 Å². The van der Waals surface area contributed by atoms with Crippen LogP contribution in [0.15, 0.2) is 60.8 Å². The molecule has 0 aliphatic heterocycles. The lowest BCUT2D eigenvalue weighted by Crippen LogP contribution is -1.94. The third kappa shape index (κ3) is 20.1. The molecule has 0 fully saturated rings. The van der Waals surface area contributed by atoms with Gasteiger partial charge in [0.05, 0.1) is 0 Å². The second-order valence-corrected chi connectivity index (χ2v) is 6.31. The minimum atomic E-state index is -0.688. The van der Waals surface area contributed by atoms with Gasteiger partial charge in [0.1, 0.15) is 0 Å². The van der Waals surface area contributed by atoms with Crippen LogP contribution in [-0.4, -0.2) is 11.1 Å². The van der Waals surface area contributed by atoms with Gasteiger partial charge >= 0.3 is 5.97 Å². The van der Waals surface area contributed by atoms with E-state index in [1.54, 1.807) is 0 Å². The van der Waals surface area contributed by atoms with Gasteiger partial charge in [0.25, 0.3) is 0 Å². The highest BCUT2D eigenvalue weighted by molar-refractivity contribution is 5.66. The molecule has 0 radical (unpaired) electrons. The van der Waals surface area contributed by atoms with Crippen LogP contribution in [0.3, 0.4) is 0 Å². The van der Waals surface area contributed by atoms with Gasteiger partial charge in [-0.2, -0.15) is 0 Å². The van der Waals surface area contributed by atoms with Gasteiger partial charge in [-0.1, -0.05) is 87.4 Å². The van der Waals surface area contributed by atoms with Gasteiger partial charge in [-0.3, -0.25) is 4.79 Å². The maximum absolute atomic E-state index is 10.4. The van der Waals surface area contributed by atoms with Crippen LogP contribution in [0, 0.1) is 5.92 Å². The van der Waals surface area contributed by atoms with Crippen LogP contribution in [-0.2, 0) is 4.79 Å². The number of aliphatic carboxylic acids is 1. The standard InChI is InChI=1S/C23H36O2/c1-3-4-5-6-7-8-9-10-11-12-13-14-16-19-22(2)20-17-15-18-21-23(24)25/h4-5,7-8,10-11,13-14,16,19,22H,3,6,9,12,15,17-18,20-21H2,1-2H3,(H,24,25)/b5-4-,8-7-,11-10-,14-13-,19-16+. The Morgan fingerprint density at radius 2 is 1.44 bits per heavy atom. The van der Waals surface area contributed by atoms with E-state index < -0.39 is 5.97 Å². The number of hydrogen-bond donors (Lipinski definition) is 1. The van der Waals surface area contributed by atoms with Crippen molar-refractivity contribution in [2.75, 3.05) is 0 Å². The Morgan fingerprint density at radius 3 is 2.04 bits per heavy atom. The van der Waals surface area contributed by atoms with Gasteiger partial charge in [-0.25, -0.2) is 0 Å². The molecule has 0 saturated carbocycles. The molecule has 0 spiro atoms. The summed E-state index contributed by atoms with van der Waals surface area (Å²) in [6, 6.07) is 0. The summed E-state index contributed by atoms with van der Waals surface area (Å²) in [5.74, 6) is -0.135. The first kappa shape index (κ1) is 23.2. The lowest BCUT2D eigenvalue weighted by atomic mass is 10.0. The zero-order valence-corrected chi connectivity index (χ0v) is 16.1. The third-order valence-electron chi connectivity index (χ3n) is 3.79. The molecule has 0 amide bonds. The Balaban J connectivity index is 3.61. The van der Waals surface area contributed by atoms with Gasteiger partial charge < -0.3 is 5.11 Å². The highest BCUT2D eigenvalue weighted by atomic mass is 16.4. The van der Waals surface area contributed by atoms with E-state index in [1.165, 1.54) is 0 Å². The molecule has 0 aromatic carbocycles. The molecule has 25 heavy (non-hydrogen) atoms. The molecule has 0 rings (SSSR count). The van der Waals surface area contributed by atoms with Crippen LogP contribution >= 0.6 is 0 Å². The Hall–Kier alpha value is -1.83. The number of hydrogen-bond acceptors (Lipinski definition) is 1. The second-order valence-electron chi connectivity index (χ2n) is 6.31. The van der Waals surface area contributed by atoms with Crippen LogP contribution in [0.4, 0.5) is 0 Å². The summed E-state index contributed by atoms with van der Waals surface area (Å²) in [6.07, 6.45) is 30.3. The lowest BCUT2D eigenvalue weighted by molar-refractivity contribution is -0.137. The fourth-order valence-corrected chi connectivity index (χ4v) is 2.31. The number of carboxylic acid groups (broad SMARTS) is 1. The van der Waals surface area contributed by atoms with Crippen molar-refractivity contribution in [1.82, 2.24) is 0 Å². The molecule has 0 aromatic heterocycles. The number of carboxylic acids is 1. The van der Waals surface area contributed by atoms with E-state index in [0.717, 1.165) is 51.4 Å². The lowest BCUT2D eigenvalue weighted by Gasteiger charge is -2.04.